The molecule has 0 fully saturated rings. The van der Waals surface area contributed by atoms with Crippen molar-refractivity contribution in [3.05, 3.63) is 45.9 Å². The van der Waals surface area contributed by atoms with Gasteiger partial charge in [-0.2, -0.15) is 13.2 Å². The molecular weight excluding hydrogens is 405 g/mol. The molecule has 1 aromatic carbocycles. The van der Waals surface area contributed by atoms with Crippen LogP contribution in [0.3, 0.4) is 0 Å². The average Bonchev–Trinajstić information content (AvgIpc) is 3.07. The van der Waals surface area contributed by atoms with E-state index in [1.54, 1.807) is 19.2 Å². The Labute approximate surface area is 171 Å². The minimum atomic E-state index is -4.58. The Morgan fingerprint density at radius 1 is 1.17 bits per heavy atom. The van der Waals surface area contributed by atoms with Gasteiger partial charge in [-0.3, -0.25) is 4.79 Å². The van der Waals surface area contributed by atoms with Crippen molar-refractivity contribution in [2.24, 2.45) is 0 Å². The summed E-state index contributed by atoms with van der Waals surface area (Å²) in [6, 6.07) is 3.78. The summed E-state index contributed by atoms with van der Waals surface area (Å²) >= 11 is 1.21. The number of amides is 3. The molecule has 0 aliphatic heterocycles. The predicted octanol–water partition coefficient (Wildman–Crippen LogP) is 4.74. The van der Waals surface area contributed by atoms with Gasteiger partial charge in [-0.1, -0.05) is 12.1 Å². The molecule has 3 amide bonds. The van der Waals surface area contributed by atoms with E-state index in [0.29, 0.717) is 5.01 Å². The fourth-order valence-corrected chi connectivity index (χ4v) is 3.26. The molecule has 0 aliphatic rings. The quantitative estimate of drug-likeness (QED) is 0.698. The second-order valence-electron chi connectivity index (χ2n) is 6.95. The molecule has 2 rings (SSSR count). The molecule has 0 bridgehead atoms. The highest BCUT2D eigenvalue weighted by molar-refractivity contribution is 7.09. The van der Waals surface area contributed by atoms with Crippen molar-refractivity contribution >= 4 is 29.0 Å². The van der Waals surface area contributed by atoms with E-state index < -0.39 is 17.8 Å². The number of aromatic nitrogens is 1. The van der Waals surface area contributed by atoms with Crippen LogP contribution in [-0.4, -0.2) is 33.9 Å². The van der Waals surface area contributed by atoms with Crippen LogP contribution >= 0.6 is 11.3 Å². The molecule has 0 saturated heterocycles. The molecule has 0 aliphatic carbocycles. The van der Waals surface area contributed by atoms with Crippen molar-refractivity contribution in [2.75, 3.05) is 5.32 Å². The maximum Gasteiger partial charge on any atom is 0.418 e. The fourth-order valence-electron chi connectivity index (χ4n) is 2.48. The second kappa shape index (κ2) is 9.25. The number of carbonyl (C=O) groups excluding carboxylic acids is 2. The number of anilines is 1. The Kier molecular flexibility index (Phi) is 7.23. The summed E-state index contributed by atoms with van der Waals surface area (Å²) in [4.78, 5) is 30.3. The van der Waals surface area contributed by atoms with Crippen molar-refractivity contribution in [2.45, 2.75) is 52.5 Å². The lowest BCUT2D eigenvalue weighted by Crippen LogP contribution is -2.39. The zero-order valence-corrected chi connectivity index (χ0v) is 17.3. The Balaban J connectivity index is 2.16. The number of para-hydroxylation sites is 1. The van der Waals surface area contributed by atoms with Crippen LogP contribution in [0, 0.1) is 0 Å². The highest BCUT2D eigenvalue weighted by Gasteiger charge is 2.34. The van der Waals surface area contributed by atoms with Gasteiger partial charge in [0.1, 0.15) is 10.7 Å². The van der Waals surface area contributed by atoms with Crippen LogP contribution in [0.25, 0.3) is 0 Å². The number of alkyl halides is 3. The molecule has 0 unspecified atom stereocenters. The van der Waals surface area contributed by atoms with E-state index in [4.69, 9.17) is 0 Å². The number of hydrogen-bond acceptors (Lipinski definition) is 4. The monoisotopic (exact) mass is 428 g/mol. The van der Waals surface area contributed by atoms with E-state index in [1.807, 2.05) is 13.8 Å². The van der Waals surface area contributed by atoms with Crippen LogP contribution in [0.4, 0.5) is 23.7 Å². The molecule has 2 aromatic rings. The smallest absolute Gasteiger partial charge is 0.349 e. The summed E-state index contributed by atoms with van der Waals surface area (Å²) < 4.78 is 39.5. The lowest BCUT2D eigenvalue weighted by molar-refractivity contribution is -0.136. The number of nitrogens with one attached hydrogen (secondary N) is 2. The Hall–Kier alpha value is -2.62. The van der Waals surface area contributed by atoms with Gasteiger partial charge in [0.25, 0.3) is 5.91 Å². The zero-order chi connectivity index (χ0) is 21.8. The van der Waals surface area contributed by atoms with E-state index in [-0.39, 0.29) is 35.9 Å². The summed E-state index contributed by atoms with van der Waals surface area (Å²) in [5, 5.41) is 7.16. The maximum absolute atomic E-state index is 13.2. The third-order valence-corrected chi connectivity index (χ3v) is 4.70. The SMILES string of the molecule is CC(C)NC(=O)c1csc(CN(C(=O)Nc2ccccc2C(F)(F)F)C(C)C)n1. The van der Waals surface area contributed by atoms with Crippen LogP contribution in [0.2, 0.25) is 0 Å². The minimum absolute atomic E-state index is 0.0423. The standard InChI is InChI=1S/C19H23F3N4O2S/c1-11(2)23-17(27)15-10-29-16(24-15)9-26(12(3)4)18(28)25-14-8-6-5-7-13(14)19(20,21)22/h5-8,10-12H,9H2,1-4H3,(H,23,27)(H,25,28). The van der Waals surface area contributed by atoms with E-state index in [0.717, 1.165) is 6.07 Å². The van der Waals surface area contributed by atoms with Crippen molar-refractivity contribution in [1.82, 2.24) is 15.2 Å². The molecule has 2 N–H and O–H groups in total. The number of rotatable bonds is 6. The van der Waals surface area contributed by atoms with Crippen molar-refractivity contribution in [1.29, 1.82) is 0 Å². The molecule has 29 heavy (non-hydrogen) atoms. The number of halogens is 3. The van der Waals surface area contributed by atoms with Gasteiger partial charge in [0.05, 0.1) is 17.8 Å². The number of benzene rings is 1. The first kappa shape index (κ1) is 22.7. The number of hydrogen-bond donors (Lipinski definition) is 2. The van der Waals surface area contributed by atoms with E-state index in [9.17, 15) is 22.8 Å². The van der Waals surface area contributed by atoms with Crippen LogP contribution in [0.5, 0.6) is 0 Å². The van der Waals surface area contributed by atoms with E-state index in [1.165, 1.54) is 34.4 Å². The van der Waals surface area contributed by atoms with Crippen LogP contribution in [0.15, 0.2) is 29.6 Å². The molecule has 1 aromatic heterocycles. The van der Waals surface area contributed by atoms with Gasteiger partial charge in [0.2, 0.25) is 0 Å². The van der Waals surface area contributed by atoms with Crippen molar-refractivity contribution in [3.8, 4) is 0 Å². The highest BCUT2D eigenvalue weighted by Crippen LogP contribution is 2.34. The first-order chi connectivity index (χ1) is 13.5. The predicted molar refractivity (Wildman–Crippen MR) is 106 cm³/mol. The summed E-state index contributed by atoms with van der Waals surface area (Å²) in [6.07, 6.45) is -4.58. The third-order valence-electron chi connectivity index (χ3n) is 3.87. The Morgan fingerprint density at radius 2 is 1.83 bits per heavy atom. The number of urea groups is 1. The minimum Gasteiger partial charge on any atom is -0.349 e. The first-order valence-electron chi connectivity index (χ1n) is 8.98. The van der Waals surface area contributed by atoms with Crippen LogP contribution in [0.1, 0.15) is 48.8 Å². The number of thiazole rings is 1. The Bertz CT molecular complexity index is 865. The number of carbonyl (C=O) groups is 2. The van der Waals surface area contributed by atoms with Crippen LogP contribution < -0.4 is 10.6 Å². The van der Waals surface area contributed by atoms with Gasteiger partial charge in [0.15, 0.2) is 0 Å². The lowest BCUT2D eigenvalue weighted by Gasteiger charge is -2.26. The average molecular weight is 428 g/mol. The third kappa shape index (κ3) is 6.18. The van der Waals surface area contributed by atoms with E-state index in [2.05, 4.69) is 15.6 Å². The van der Waals surface area contributed by atoms with Gasteiger partial charge in [-0.25, -0.2) is 9.78 Å². The molecule has 0 saturated carbocycles. The molecule has 10 heteroatoms. The van der Waals surface area contributed by atoms with Gasteiger partial charge in [-0.05, 0) is 39.8 Å². The summed E-state index contributed by atoms with van der Waals surface area (Å²) in [5.41, 5.74) is -0.990. The molecule has 0 spiro atoms. The largest absolute Gasteiger partial charge is 0.418 e. The normalized spacial score (nSPS) is 11.6. The molecule has 0 radical (unpaired) electrons. The first-order valence-corrected chi connectivity index (χ1v) is 9.86. The van der Waals surface area contributed by atoms with Gasteiger partial charge in [0, 0.05) is 17.5 Å². The van der Waals surface area contributed by atoms with Gasteiger partial charge >= 0.3 is 12.2 Å². The summed E-state index contributed by atoms with van der Waals surface area (Å²) in [7, 11) is 0. The number of nitrogens with zero attached hydrogens (tertiary/aromatic N) is 2. The fraction of sp³-hybridized carbons (Fsp3) is 0.421. The molecule has 158 valence electrons. The maximum atomic E-state index is 13.2. The topological polar surface area (TPSA) is 74.3 Å². The molecule has 6 nitrogen and oxygen atoms in total. The van der Waals surface area contributed by atoms with Crippen molar-refractivity contribution < 1.29 is 22.8 Å². The van der Waals surface area contributed by atoms with E-state index >= 15 is 0 Å². The molecule has 0 atom stereocenters. The Morgan fingerprint density at radius 3 is 2.41 bits per heavy atom. The second-order valence-corrected chi connectivity index (χ2v) is 7.89. The zero-order valence-electron chi connectivity index (χ0n) is 16.5. The highest BCUT2D eigenvalue weighted by atomic mass is 32.1. The van der Waals surface area contributed by atoms with Crippen molar-refractivity contribution in [3.63, 3.8) is 0 Å². The van der Waals surface area contributed by atoms with Gasteiger partial charge in [-0.15, -0.1) is 11.3 Å². The molecular formula is C19H23F3N4O2S. The molecule has 1 heterocycles. The summed E-state index contributed by atoms with van der Waals surface area (Å²) in [6.45, 7) is 7.21. The van der Waals surface area contributed by atoms with Gasteiger partial charge < -0.3 is 15.5 Å². The summed E-state index contributed by atoms with van der Waals surface area (Å²) in [5.74, 6) is -0.317. The lowest BCUT2D eigenvalue weighted by atomic mass is 10.1. The van der Waals surface area contributed by atoms with Crippen LogP contribution in [-0.2, 0) is 12.7 Å².